The van der Waals surface area contributed by atoms with E-state index in [0.717, 1.165) is 56.0 Å². The maximum atomic E-state index is 13.7. The van der Waals surface area contributed by atoms with Crippen LogP contribution in [-0.4, -0.2) is 62.3 Å². The molecule has 0 bridgehead atoms. The van der Waals surface area contributed by atoms with E-state index < -0.39 is 43.7 Å². The Morgan fingerprint density at radius 3 is 2.46 bits per heavy atom. The summed E-state index contributed by atoms with van der Waals surface area (Å²) < 4.78 is 80.5. The average molecular weight is 542 g/mol. The van der Waals surface area contributed by atoms with E-state index in [2.05, 4.69) is 0 Å². The molecule has 0 N–H and O–H groups in total. The normalized spacial score (nSPS) is 23.7. The first-order valence-electron chi connectivity index (χ1n) is 12.5. The van der Waals surface area contributed by atoms with Crippen LogP contribution >= 0.6 is 0 Å². The number of esters is 1. The molecule has 8 nitrogen and oxygen atoms in total. The minimum absolute atomic E-state index is 0.128. The van der Waals surface area contributed by atoms with Gasteiger partial charge in [-0.15, -0.1) is 0 Å². The zero-order valence-corrected chi connectivity index (χ0v) is 21.3. The fraction of sp³-hybridized carbons (Fsp3) is 0.600. The predicted molar refractivity (Wildman–Crippen MR) is 128 cm³/mol. The van der Waals surface area contributed by atoms with Gasteiger partial charge in [-0.3, -0.25) is 0 Å². The van der Waals surface area contributed by atoms with Gasteiger partial charge in [0.1, 0.15) is 11.9 Å². The number of nitrogens with zero attached hydrogens (tertiary/aromatic N) is 3. The second-order valence-electron chi connectivity index (χ2n) is 9.93. The lowest BCUT2D eigenvalue weighted by atomic mass is 9.93. The van der Waals surface area contributed by atoms with E-state index in [9.17, 15) is 26.4 Å². The first kappa shape index (κ1) is 26.0. The van der Waals surface area contributed by atoms with Crippen molar-refractivity contribution >= 4 is 21.6 Å². The van der Waals surface area contributed by atoms with Crippen LogP contribution < -0.4 is 4.90 Å². The Balaban J connectivity index is 1.53. The fourth-order valence-electron chi connectivity index (χ4n) is 5.47. The molecule has 1 aliphatic carbocycles. The van der Waals surface area contributed by atoms with Gasteiger partial charge in [-0.2, -0.15) is 18.3 Å². The van der Waals surface area contributed by atoms with Crippen molar-refractivity contribution in [1.82, 2.24) is 9.78 Å². The van der Waals surface area contributed by atoms with Gasteiger partial charge in [0, 0.05) is 31.7 Å². The van der Waals surface area contributed by atoms with Gasteiger partial charge in [-0.05, 0) is 50.7 Å². The second-order valence-corrected chi connectivity index (χ2v) is 12.1. The summed E-state index contributed by atoms with van der Waals surface area (Å²) in [5.41, 5.74) is -0.341. The van der Waals surface area contributed by atoms with Crippen LogP contribution in [0.4, 0.5) is 19.0 Å². The molecule has 2 aliphatic heterocycles. The second kappa shape index (κ2) is 9.94. The molecule has 2 aromatic rings. The van der Waals surface area contributed by atoms with E-state index in [-0.39, 0.29) is 24.9 Å². The molecule has 3 fully saturated rings. The lowest BCUT2D eigenvalue weighted by Crippen LogP contribution is -2.39. The molecular weight excluding hydrogens is 511 g/mol. The molecule has 2 unspecified atom stereocenters. The number of methoxy groups -OCH3 is 1. The van der Waals surface area contributed by atoms with E-state index in [1.54, 1.807) is 4.90 Å². The highest BCUT2D eigenvalue weighted by Gasteiger charge is 2.48. The molecule has 12 heteroatoms. The minimum Gasteiger partial charge on any atom is -0.467 e. The quantitative estimate of drug-likeness (QED) is 0.509. The van der Waals surface area contributed by atoms with Gasteiger partial charge in [0.05, 0.1) is 34.6 Å². The summed E-state index contributed by atoms with van der Waals surface area (Å²) in [6.07, 6.45) is -0.505. The Morgan fingerprint density at radius 1 is 1.14 bits per heavy atom. The number of halogens is 3. The number of ether oxygens (including phenoxy) is 2. The van der Waals surface area contributed by atoms with Crippen molar-refractivity contribution in [3.63, 3.8) is 0 Å². The van der Waals surface area contributed by atoms with E-state index >= 15 is 0 Å². The zero-order valence-electron chi connectivity index (χ0n) is 20.5. The molecule has 1 saturated carbocycles. The molecule has 5 rings (SSSR count). The number of alkyl halides is 3. The third-order valence-electron chi connectivity index (χ3n) is 7.76. The van der Waals surface area contributed by atoms with Crippen molar-refractivity contribution in [2.75, 3.05) is 31.8 Å². The van der Waals surface area contributed by atoms with Crippen molar-refractivity contribution in [2.45, 2.75) is 72.8 Å². The first-order chi connectivity index (χ1) is 17.6. The summed E-state index contributed by atoms with van der Waals surface area (Å²) in [6, 6.07) is 5.26. The standard InChI is InChI=1S/C25H30F3N3O5S/c1-35-24(32)21-13-18(37(33,34)22-8-3-2-7-19(22)25(26,27)28)15-30(21)23-14-20(16-9-11-36-12-10-16)29-31(23)17-5-4-6-17/h2-3,7-8,14,16-18,21H,4-6,9-13,15H2,1H3. The third kappa shape index (κ3) is 4.85. The molecule has 3 heterocycles. The SMILES string of the molecule is COC(=O)C1CC(S(=O)(=O)c2ccccc2C(F)(F)F)CN1c1cc(C2CCOCC2)nn1C1CCC1. The number of carbonyl (C=O) groups excluding carboxylic acids is 1. The number of anilines is 1. The summed E-state index contributed by atoms with van der Waals surface area (Å²) in [5, 5.41) is 3.66. The summed E-state index contributed by atoms with van der Waals surface area (Å²) >= 11 is 0. The average Bonchev–Trinajstić information content (AvgIpc) is 3.48. The van der Waals surface area contributed by atoms with Gasteiger partial charge in [0.15, 0.2) is 9.84 Å². The van der Waals surface area contributed by atoms with E-state index in [0.29, 0.717) is 19.0 Å². The summed E-state index contributed by atoms with van der Waals surface area (Å²) in [4.78, 5) is 13.7. The number of hydrogen-bond donors (Lipinski definition) is 0. The number of benzene rings is 1. The first-order valence-corrected chi connectivity index (χ1v) is 14.1. The highest BCUT2D eigenvalue weighted by atomic mass is 32.2. The molecule has 0 spiro atoms. The van der Waals surface area contributed by atoms with E-state index in [1.807, 2.05) is 10.7 Å². The zero-order chi connectivity index (χ0) is 26.4. The topological polar surface area (TPSA) is 90.7 Å². The van der Waals surface area contributed by atoms with Crippen molar-refractivity contribution in [1.29, 1.82) is 0 Å². The number of rotatable bonds is 6. The molecule has 1 aromatic heterocycles. The smallest absolute Gasteiger partial charge is 0.417 e. The third-order valence-corrected chi connectivity index (χ3v) is 9.95. The van der Waals surface area contributed by atoms with Crippen LogP contribution in [0.15, 0.2) is 35.2 Å². The Morgan fingerprint density at radius 2 is 1.84 bits per heavy atom. The van der Waals surface area contributed by atoms with Gasteiger partial charge < -0.3 is 14.4 Å². The number of hydrogen-bond acceptors (Lipinski definition) is 7. The molecule has 3 aliphatic rings. The number of aromatic nitrogens is 2. The van der Waals surface area contributed by atoms with Crippen molar-refractivity contribution < 1.29 is 35.9 Å². The molecule has 1 aromatic carbocycles. The van der Waals surface area contributed by atoms with Gasteiger partial charge in [0.2, 0.25) is 0 Å². The van der Waals surface area contributed by atoms with Crippen LogP contribution in [0.5, 0.6) is 0 Å². The largest absolute Gasteiger partial charge is 0.467 e. The monoisotopic (exact) mass is 541 g/mol. The number of carbonyl (C=O) groups is 1. The van der Waals surface area contributed by atoms with Crippen LogP contribution in [0, 0.1) is 0 Å². The Hall–Kier alpha value is -2.60. The van der Waals surface area contributed by atoms with Crippen LogP contribution in [0.2, 0.25) is 0 Å². The highest BCUT2D eigenvalue weighted by Crippen LogP contribution is 2.42. The molecular formula is C25H30F3N3O5S. The molecule has 0 amide bonds. The molecule has 2 saturated heterocycles. The van der Waals surface area contributed by atoms with Gasteiger partial charge in [-0.25, -0.2) is 17.9 Å². The van der Waals surface area contributed by atoms with Gasteiger partial charge in [0.25, 0.3) is 0 Å². The highest BCUT2D eigenvalue weighted by molar-refractivity contribution is 7.92. The minimum atomic E-state index is -4.83. The van der Waals surface area contributed by atoms with Crippen LogP contribution in [-0.2, 0) is 30.3 Å². The van der Waals surface area contributed by atoms with Crippen molar-refractivity contribution in [3.05, 3.63) is 41.6 Å². The van der Waals surface area contributed by atoms with E-state index in [4.69, 9.17) is 14.6 Å². The lowest BCUT2D eigenvalue weighted by Gasteiger charge is -2.32. The van der Waals surface area contributed by atoms with Crippen LogP contribution in [0.3, 0.4) is 0 Å². The summed E-state index contributed by atoms with van der Waals surface area (Å²) in [5.74, 6) is 0.172. The number of sulfone groups is 1. The molecule has 0 radical (unpaired) electrons. The Kier molecular flexibility index (Phi) is 6.99. The molecule has 202 valence electrons. The van der Waals surface area contributed by atoms with Crippen LogP contribution in [0.25, 0.3) is 0 Å². The molecule has 2 atom stereocenters. The van der Waals surface area contributed by atoms with Crippen molar-refractivity contribution in [3.8, 4) is 0 Å². The van der Waals surface area contributed by atoms with Crippen LogP contribution in [0.1, 0.15) is 61.7 Å². The van der Waals surface area contributed by atoms with Gasteiger partial charge in [-0.1, -0.05) is 12.1 Å². The molecule has 37 heavy (non-hydrogen) atoms. The summed E-state index contributed by atoms with van der Waals surface area (Å²) in [7, 11) is -3.20. The Bertz CT molecular complexity index is 1250. The van der Waals surface area contributed by atoms with Crippen molar-refractivity contribution in [2.24, 2.45) is 0 Å². The maximum Gasteiger partial charge on any atom is 0.417 e. The fourth-order valence-corrected chi connectivity index (χ4v) is 7.38. The lowest BCUT2D eigenvalue weighted by molar-refractivity contribution is -0.142. The van der Waals surface area contributed by atoms with E-state index in [1.165, 1.54) is 13.2 Å². The Labute approximate surface area is 213 Å². The maximum absolute atomic E-state index is 13.7. The van der Waals surface area contributed by atoms with Gasteiger partial charge >= 0.3 is 12.1 Å². The predicted octanol–water partition coefficient (Wildman–Crippen LogP) is 4.12. The summed E-state index contributed by atoms with van der Waals surface area (Å²) in [6.45, 7) is 1.12.